The van der Waals surface area contributed by atoms with E-state index in [9.17, 15) is 19.8 Å². The van der Waals surface area contributed by atoms with Crippen molar-refractivity contribution in [1.29, 1.82) is 0 Å². The van der Waals surface area contributed by atoms with Crippen molar-refractivity contribution in [2.75, 3.05) is 0 Å². The number of amides is 1. The number of benzene rings is 2. The molecule has 2 aromatic carbocycles. The predicted octanol–water partition coefficient (Wildman–Crippen LogP) is 2.08. The molecule has 7 heteroatoms. The molecule has 0 atom stereocenters. The minimum atomic E-state index is -0.880. The van der Waals surface area contributed by atoms with Crippen molar-refractivity contribution in [3.63, 3.8) is 0 Å². The number of nitrogens with one attached hydrogen (secondary N) is 2. The fraction of sp³-hybridized carbons (Fsp3) is 0.190. The average molecular weight is 379 g/mol. The standard InChI is InChI=1S/C21H21N3O4/c1-21(2)11-14-5-3-4-6-15(14)16(23-21)10-19(27)20(28)24-22-12-13-7-8-17(25)18(26)9-13/h3-10,12,23,25-26H,11H2,1-2H3,(H,24,28). The van der Waals surface area contributed by atoms with Crippen LogP contribution in [0.25, 0.3) is 5.70 Å². The summed E-state index contributed by atoms with van der Waals surface area (Å²) in [6, 6.07) is 11.8. The van der Waals surface area contributed by atoms with E-state index in [1.807, 2.05) is 38.1 Å². The number of hydrogen-bond acceptors (Lipinski definition) is 6. The highest BCUT2D eigenvalue weighted by atomic mass is 16.3. The Labute approximate surface area is 162 Å². The molecule has 28 heavy (non-hydrogen) atoms. The number of ketones is 1. The molecule has 1 heterocycles. The van der Waals surface area contributed by atoms with E-state index in [-0.39, 0.29) is 17.0 Å². The van der Waals surface area contributed by atoms with Gasteiger partial charge in [-0.3, -0.25) is 9.59 Å². The summed E-state index contributed by atoms with van der Waals surface area (Å²) in [4.78, 5) is 24.4. The maximum absolute atomic E-state index is 12.3. The van der Waals surface area contributed by atoms with Gasteiger partial charge in [-0.2, -0.15) is 5.10 Å². The lowest BCUT2D eigenvalue weighted by molar-refractivity contribution is -0.135. The van der Waals surface area contributed by atoms with E-state index in [0.29, 0.717) is 11.3 Å². The van der Waals surface area contributed by atoms with E-state index in [1.165, 1.54) is 30.5 Å². The Kier molecular flexibility index (Phi) is 5.17. The Morgan fingerprint density at radius 1 is 1.14 bits per heavy atom. The molecule has 0 aromatic heterocycles. The zero-order valence-corrected chi connectivity index (χ0v) is 15.6. The quantitative estimate of drug-likeness (QED) is 0.214. The maximum Gasteiger partial charge on any atom is 0.311 e. The minimum Gasteiger partial charge on any atom is -0.504 e. The van der Waals surface area contributed by atoms with Crippen LogP contribution in [0.4, 0.5) is 0 Å². The molecular weight excluding hydrogens is 358 g/mol. The molecule has 1 aliphatic heterocycles. The molecule has 1 amide bonds. The van der Waals surface area contributed by atoms with Gasteiger partial charge in [0.25, 0.3) is 0 Å². The highest BCUT2D eigenvalue weighted by Gasteiger charge is 2.28. The Morgan fingerprint density at radius 2 is 1.89 bits per heavy atom. The van der Waals surface area contributed by atoms with Gasteiger partial charge in [0.15, 0.2) is 11.5 Å². The van der Waals surface area contributed by atoms with Crippen LogP contribution in [0.15, 0.2) is 53.6 Å². The number of hydrogen-bond donors (Lipinski definition) is 4. The lowest BCUT2D eigenvalue weighted by atomic mass is 9.85. The molecule has 2 aromatic rings. The molecule has 0 aliphatic carbocycles. The van der Waals surface area contributed by atoms with E-state index in [1.54, 1.807) is 0 Å². The maximum atomic E-state index is 12.3. The Hall–Kier alpha value is -3.61. The van der Waals surface area contributed by atoms with Gasteiger partial charge >= 0.3 is 5.91 Å². The monoisotopic (exact) mass is 379 g/mol. The van der Waals surface area contributed by atoms with Crippen molar-refractivity contribution in [3.8, 4) is 11.5 Å². The molecule has 1 aliphatic rings. The average Bonchev–Trinajstić information content (AvgIpc) is 2.63. The molecule has 3 rings (SSSR count). The largest absolute Gasteiger partial charge is 0.504 e. The SMILES string of the molecule is CC1(C)Cc2ccccc2C(=CC(=O)C(=O)NN=Cc2ccc(O)c(O)c2)N1. The predicted molar refractivity (Wildman–Crippen MR) is 106 cm³/mol. The molecule has 0 bridgehead atoms. The van der Waals surface area contributed by atoms with Gasteiger partial charge in [0.1, 0.15) is 0 Å². The van der Waals surface area contributed by atoms with E-state index < -0.39 is 11.7 Å². The first-order chi connectivity index (χ1) is 13.2. The number of aromatic hydroxyl groups is 2. The van der Waals surface area contributed by atoms with Gasteiger partial charge in [-0.1, -0.05) is 24.3 Å². The topological polar surface area (TPSA) is 111 Å². The fourth-order valence-electron chi connectivity index (χ4n) is 3.04. The van der Waals surface area contributed by atoms with Gasteiger partial charge in [0.2, 0.25) is 5.78 Å². The zero-order chi connectivity index (χ0) is 20.3. The highest BCUT2D eigenvalue weighted by Crippen LogP contribution is 2.29. The third-order valence-corrected chi connectivity index (χ3v) is 4.29. The molecule has 0 unspecified atom stereocenters. The Morgan fingerprint density at radius 3 is 2.64 bits per heavy atom. The van der Waals surface area contributed by atoms with Crippen molar-refractivity contribution in [2.45, 2.75) is 25.8 Å². The summed E-state index contributed by atoms with van der Waals surface area (Å²) in [7, 11) is 0. The van der Waals surface area contributed by atoms with E-state index >= 15 is 0 Å². The Balaban J connectivity index is 1.72. The van der Waals surface area contributed by atoms with Gasteiger partial charge in [0.05, 0.1) is 6.21 Å². The number of rotatable bonds is 4. The van der Waals surface area contributed by atoms with Crippen molar-refractivity contribution in [2.24, 2.45) is 5.10 Å². The number of nitrogens with zero attached hydrogens (tertiary/aromatic N) is 1. The summed E-state index contributed by atoms with van der Waals surface area (Å²) in [6.07, 6.45) is 3.34. The summed E-state index contributed by atoms with van der Waals surface area (Å²) in [5.41, 5.74) is 4.97. The number of hydrazone groups is 1. The van der Waals surface area contributed by atoms with Gasteiger partial charge < -0.3 is 15.5 Å². The van der Waals surface area contributed by atoms with Crippen molar-refractivity contribution < 1.29 is 19.8 Å². The third-order valence-electron chi connectivity index (χ3n) is 4.29. The normalized spacial score (nSPS) is 16.4. The van der Waals surface area contributed by atoms with Crippen molar-refractivity contribution in [3.05, 3.63) is 65.2 Å². The van der Waals surface area contributed by atoms with Gasteiger partial charge in [0, 0.05) is 22.9 Å². The van der Waals surface area contributed by atoms with Crippen LogP contribution in [0.3, 0.4) is 0 Å². The summed E-state index contributed by atoms with van der Waals surface area (Å²) in [5, 5.41) is 25.7. The number of carbonyl (C=O) groups excluding carboxylic acids is 2. The smallest absolute Gasteiger partial charge is 0.311 e. The van der Waals surface area contributed by atoms with Gasteiger partial charge in [-0.15, -0.1) is 0 Å². The fourth-order valence-corrected chi connectivity index (χ4v) is 3.04. The number of carbonyl (C=O) groups is 2. The van der Waals surface area contributed by atoms with Crippen molar-refractivity contribution >= 4 is 23.6 Å². The van der Waals surface area contributed by atoms with E-state index in [0.717, 1.165) is 17.5 Å². The van der Waals surface area contributed by atoms with E-state index in [4.69, 9.17) is 0 Å². The van der Waals surface area contributed by atoms with Crippen molar-refractivity contribution in [1.82, 2.24) is 10.7 Å². The molecule has 0 radical (unpaired) electrons. The molecule has 0 saturated heterocycles. The second kappa shape index (κ2) is 7.56. The first-order valence-electron chi connectivity index (χ1n) is 8.73. The number of phenols is 2. The van der Waals surface area contributed by atoms with Crippen LogP contribution < -0.4 is 10.7 Å². The van der Waals surface area contributed by atoms with Crippen LogP contribution in [0, 0.1) is 0 Å². The summed E-state index contributed by atoms with van der Waals surface area (Å²) >= 11 is 0. The van der Waals surface area contributed by atoms with Gasteiger partial charge in [-0.05, 0) is 49.6 Å². The Bertz CT molecular complexity index is 993. The van der Waals surface area contributed by atoms with Crippen LogP contribution in [0.1, 0.15) is 30.5 Å². The molecular formula is C21H21N3O4. The number of fused-ring (bicyclic) bond motifs is 1. The minimum absolute atomic E-state index is 0.240. The number of phenolic OH excluding ortho intramolecular Hbond substituents is 2. The lowest BCUT2D eigenvalue weighted by Crippen LogP contribution is -2.44. The lowest BCUT2D eigenvalue weighted by Gasteiger charge is -2.35. The van der Waals surface area contributed by atoms with Crippen LogP contribution >= 0.6 is 0 Å². The second-order valence-electron chi connectivity index (χ2n) is 7.21. The van der Waals surface area contributed by atoms with Crippen LogP contribution in [-0.4, -0.2) is 33.7 Å². The molecule has 0 fully saturated rings. The van der Waals surface area contributed by atoms with Gasteiger partial charge in [-0.25, -0.2) is 5.43 Å². The highest BCUT2D eigenvalue weighted by molar-refractivity contribution is 6.41. The summed E-state index contributed by atoms with van der Waals surface area (Å²) in [6.45, 7) is 4.05. The molecule has 4 N–H and O–H groups in total. The van der Waals surface area contributed by atoms with Crippen LogP contribution in [0.2, 0.25) is 0 Å². The summed E-state index contributed by atoms with van der Waals surface area (Å²) < 4.78 is 0. The van der Waals surface area contributed by atoms with Crippen LogP contribution in [-0.2, 0) is 16.0 Å². The first-order valence-corrected chi connectivity index (χ1v) is 8.73. The summed E-state index contributed by atoms with van der Waals surface area (Å²) in [5.74, 6) is -2.18. The zero-order valence-electron chi connectivity index (χ0n) is 15.6. The second-order valence-corrected chi connectivity index (χ2v) is 7.21. The molecule has 0 spiro atoms. The van der Waals surface area contributed by atoms with Crippen LogP contribution in [0.5, 0.6) is 11.5 Å². The first kappa shape index (κ1) is 19.2. The third kappa shape index (κ3) is 4.37. The molecule has 7 nitrogen and oxygen atoms in total. The molecule has 0 saturated carbocycles. The molecule has 144 valence electrons. The van der Waals surface area contributed by atoms with E-state index in [2.05, 4.69) is 15.8 Å².